The molecule has 3 amide bonds. The fourth-order valence-electron chi connectivity index (χ4n) is 3.73. The molecule has 2 aromatic rings. The van der Waals surface area contributed by atoms with Crippen molar-refractivity contribution in [1.29, 1.82) is 0 Å². The molecule has 37 heavy (non-hydrogen) atoms. The van der Waals surface area contributed by atoms with Gasteiger partial charge in [-0.15, -0.1) is 0 Å². The smallest absolute Gasteiger partial charge is 0.409 e. The summed E-state index contributed by atoms with van der Waals surface area (Å²) in [5, 5.41) is 16.7. The summed E-state index contributed by atoms with van der Waals surface area (Å²) in [7, 11) is 2.92. The summed E-state index contributed by atoms with van der Waals surface area (Å²) in [6.07, 6.45) is -0.387. The largest absolute Gasteiger partial charge is 0.497 e. The number of methoxy groups -OCH3 is 2. The van der Waals surface area contributed by atoms with Gasteiger partial charge in [0.15, 0.2) is 0 Å². The van der Waals surface area contributed by atoms with Crippen LogP contribution in [0, 0.1) is 10.1 Å². The minimum Gasteiger partial charge on any atom is -0.497 e. The molecule has 1 aliphatic rings. The van der Waals surface area contributed by atoms with E-state index in [1.54, 1.807) is 30.0 Å². The van der Waals surface area contributed by atoms with Gasteiger partial charge in [-0.3, -0.25) is 24.6 Å². The number of anilines is 2. The third kappa shape index (κ3) is 7.07. The molecule has 0 bridgehead atoms. The molecule has 1 fully saturated rings. The summed E-state index contributed by atoms with van der Waals surface area (Å²) >= 11 is 0. The van der Waals surface area contributed by atoms with Crippen molar-refractivity contribution >= 4 is 35.0 Å². The van der Waals surface area contributed by atoms with Crippen molar-refractivity contribution < 1.29 is 33.5 Å². The van der Waals surface area contributed by atoms with E-state index in [4.69, 9.17) is 14.2 Å². The van der Waals surface area contributed by atoms with Gasteiger partial charge in [-0.25, -0.2) is 4.79 Å². The van der Waals surface area contributed by atoms with E-state index < -0.39 is 16.7 Å². The lowest BCUT2D eigenvalue weighted by Gasteiger charge is -2.33. The molecule has 0 radical (unpaired) electrons. The van der Waals surface area contributed by atoms with E-state index in [0.29, 0.717) is 43.4 Å². The first-order valence-corrected chi connectivity index (χ1v) is 11.5. The molecule has 0 saturated carbocycles. The second-order valence-electron chi connectivity index (χ2n) is 8.02. The number of non-ortho nitro benzene ring substituents is 1. The Kier molecular flexibility index (Phi) is 9.21. The maximum Gasteiger partial charge on any atom is 0.409 e. The van der Waals surface area contributed by atoms with Crippen LogP contribution in [0.5, 0.6) is 11.5 Å². The van der Waals surface area contributed by atoms with E-state index in [0.717, 1.165) is 6.07 Å². The molecule has 1 heterocycles. The first kappa shape index (κ1) is 27.2. The van der Waals surface area contributed by atoms with Crippen LogP contribution in [0.2, 0.25) is 0 Å². The van der Waals surface area contributed by atoms with E-state index in [1.807, 2.05) is 4.90 Å². The number of nitro benzene ring substituents is 1. The van der Waals surface area contributed by atoms with Crippen LogP contribution < -0.4 is 20.1 Å². The van der Waals surface area contributed by atoms with E-state index in [2.05, 4.69) is 10.6 Å². The van der Waals surface area contributed by atoms with Gasteiger partial charge < -0.3 is 29.7 Å². The van der Waals surface area contributed by atoms with Gasteiger partial charge in [0.2, 0.25) is 5.91 Å². The van der Waals surface area contributed by atoms with Crippen molar-refractivity contribution in [3.63, 3.8) is 0 Å². The molecule has 0 aliphatic carbocycles. The summed E-state index contributed by atoms with van der Waals surface area (Å²) < 4.78 is 15.4. The summed E-state index contributed by atoms with van der Waals surface area (Å²) in [6, 6.07) is 8.39. The minimum absolute atomic E-state index is 0.0149. The number of benzene rings is 2. The fraction of sp³-hybridized carbons (Fsp3) is 0.375. The van der Waals surface area contributed by atoms with Crippen LogP contribution in [-0.2, 0) is 9.53 Å². The molecule has 0 unspecified atom stereocenters. The number of carbonyl (C=O) groups is 3. The highest BCUT2D eigenvalue weighted by molar-refractivity contribution is 6.11. The van der Waals surface area contributed by atoms with E-state index in [-0.39, 0.29) is 36.2 Å². The lowest BCUT2D eigenvalue weighted by Crippen LogP contribution is -2.50. The van der Waals surface area contributed by atoms with Gasteiger partial charge in [0.05, 0.1) is 49.2 Å². The second-order valence-corrected chi connectivity index (χ2v) is 8.02. The Labute approximate surface area is 213 Å². The highest BCUT2D eigenvalue weighted by Crippen LogP contribution is 2.30. The van der Waals surface area contributed by atoms with Gasteiger partial charge in [-0.05, 0) is 25.1 Å². The molecule has 2 aromatic carbocycles. The highest BCUT2D eigenvalue weighted by atomic mass is 16.6. The molecule has 1 saturated heterocycles. The molecule has 0 spiro atoms. The first-order valence-electron chi connectivity index (χ1n) is 11.5. The summed E-state index contributed by atoms with van der Waals surface area (Å²) in [5.41, 5.74) is 0.0368. The van der Waals surface area contributed by atoms with Crippen molar-refractivity contribution in [3.05, 3.63) is 52.1 Å². The third-order valence-electron chi connectivity index (χ3n) is 5.66. The highest BCUT2D eigenvalue weighted by Gasteiger charge is 2.24. The van der Waals surface area contributed by atoms with Gasteiger partial charge in [-0.1, -0.05) is 0 Å². The standard InChI is InChI=1S/C24H29N5O8/c1-4-37-24(32)28-11-9-27(10-12-28)15-22(30)25-19-7-5-16(29(33)34)13-18(19)23(31)26-20-8-6-17(35-2)14-21(20)36-3/h5-8,13-14H,4,9-12,15H2,1-3H3,(H,25,30)(H,26,31). The zero-order valence-electron chi connectivity index (χ0n) is 20.8. The average molecular weight is 516 g/mol. The van der Waals surface area contributed by atoms with E-state index >= 15 is 0 Å². The third-order valence-corrected chi connectivity index (χ3v) is 5.66. The number of nitrogens with one attached hydrogen (secondary N) is 2. The first-order chi connectivity index (χ1) is 17.7. The predicted molar refractivity (Wildman–Crippen MR) is 134 cm³/mol. The zero-order valence-corrected chi connectivity index (χ0v) is 20.8. The van der Waals surface area contributed by atoms with Gasteiger partial charge in [0.25, 0.3) is 11.6 Å². The summed E-state index contributed by atoms with van der Waals surface area (Å²) in [5.74, 6) is -0.244. The number of ether oxygens (including phenoxy) is 3. The van der Waals surface area contributed by atoms with Gasteiger partial charge >= 0.3 is 6.09 Å². The van der Waals surface area contributed by atoms with Crippen LogP contribution in [0.4, 0.5) is 21.9 Å². The molecule has 198 valence electrons. The average Bonchev–Trinajstić information content (AvgIpc) is 2.89. The van der Waals surface area contributed by atoms with Crippen LogP contribution in [-0.4, -0.2) is 86.2 Å². The van der Waals surface area contributed by atoms with Gasteiger partial charge in [-0.2, -0.15) is 0 Å². The van der Waals surface area contributed by atoms with Crippen LogP contribution in [0.15, 0.2) is 36.4 Å². The van der Waals surface area contributed by atoms with Crippen molar-refractivity contribution in [2.75, 3.05) is 64.2 Å². The number of hydrogen-bond donors (Lipinski definition) is 2. The summed E-state index contributed by atoms with van der Waals surface area (Å²) in [6.45, 7) is 3.81. The van der Waals surface area contributed by atoms with E-state index in [1.165, 1.54) is 26.4 Å². The Bertz CT molecular complexity index is 1160. The molecule has 2 N–H and O–H groups in total. The molecule has 0 aromatic heterocycles. The van der Waals surface area contributed by atoms with Crippen LogP contribution in [0.1, 0.15) is 17.3 Å². The Balaban J connectivity index is 1.72. The number of nitro groups is 1. The van der Waals surface area contributed by atoms with Crippen LogP contribution >= 0.6 is 0 Å². The maximum atomic E-state index is 13.1. The number of hydrogen-bond acceptors (Lipinski definition) is 9. The molecule has 1 aliphatic heterocycles. The van der Waals surface area contributed by atoms with Gasteiger partial charge in [0.1, 0.15) is 11.5 Å². The number of nitrogens with zero attached hydrogens (tertiary/aromatic N) is 3. The SMILES string of the molecule is CCOC(=O)N1CCN(CC(=O)Nc2ccc([N+](=O)[O-])cc2C(=O)Nc2ccc(OC)cc2OC)CC1. The minimum atomic E-state index is -0.675. The number of amides is 3. The zero-order chi connectivity index (χ0) is 26.9. The molecule has 3 rings (SSSR count). The molecular weight excluding hydrogens is 486 g/mol. The maximum absolute atomic E-state index is 13.1. The lowest BCUT2D eigenvalue weighted by atomic mass is 10.1. The molecule has 13 heteroatoms. The summed E-state index contributed by atoms with van der Waals surface area (Å²) in [4.78, 5) is 51.9. The molecular formula is C24H29N5O8. The monoisotopic (exact) mass is 515 g/mol. The normalized spacial score (nSPS) is 13.4. The Morgan fingerprint density at radius 1 is 0.973 bits per heavy atom. The number of carbonyl (C=O) groups excluding carboxylic acids is 3. The number of piperazine rings is 1. The van der Waals surface area contributed by atoms with Gasteiger partial charge in [0, 0.05) is 44.4 Å². The predicted octanol–water partition coefficient (Wildman–Crippen LogP) is 2.58. The topological polar surface area (TPSA) is 153 Å². The quantitative estimate of drug-likeness (QED) is 0.379. The van der Waals surface area contributed by atoms with Crippen molar-refractivity contribution in [2.24, 2.45) is 0 Å². The van der Waals surface area contributed by atoms with Crippen molar-refractivity contribution in [2.45, 2.75) is 6.92 Å². The molecule has 13 nitrogen and oxygen atoms in total. The fourth-order valence-corrected chi connectivity index (χ4v) is 3.73. The Morgan fingerprint density at radius 3 is 2.30 bits per heavy atom. The number of rotatable bonds is 9. The lowest BCUT2D eigenvalue weighted by molar-refractivity contribution is -0.384. The van der Waals surface area contributed by atoms with Crippen LogP contribution in [0.25, 0.3) is 0 Å². The van der Waals surface area contributed by atoms with E-state index in [9.17, 15) is 24.5 Å². The van der Waals surface area contributed by atoms with Crippen LogP contribution in [0.3, 0.4) is 0 Å². The second kappa shape index (κ2) is 12.5. The Morgan fingerprint density at radius 2 is 1.68 bits per heavy atom. The van der Waals surface area contributed by atoms with Crippen molar-refractivity contribution in [1.82, 2.24) is 9.80 Å². The molecule has 0 atom stereocenters. The Hall–Kier alpha value is -4.39. The van der Waals surface area contributed by atoms with Crippen molar-refractivity contribution in [3.8, 4) is 11.5 Å².